The fourth-order valence-electron chi connectivity index (χ4n) is 1.86. The summed E-state index contributed by atoms with van der Waals surface area (Å²) in [5.41, 5.74) is 0. The summed E-state index contributed by atoms with van der Waals surface area (Å²) in [6, 6.07) is 0. The third kappa shape index (κ3) is 9.65. The molecule has 1 fully saturated rings. The summed E-state index contributed by atoms with van der Waals surface area (Å²) in [5, 5.41) is 5.91. The molecule has 1 aliphatic heterocycles. The minimum absolute atomic E-state index is 0. The van der Waals surface area contributed by atoms with Crippen LogP contribution in [0.25, 0.3) is 0 Å². The second-order valence-corrected chi connectivity index (χ2v) is 4.11. The van der Waals surface area contributed by atoms with Crippen molar-refractivity contribution < 1.29 is 4.79 Å². The highest BCUT2D eigenvalue weighted by atomic mass is 35.5. The molecular weight excluding hydrogens is 261 g/mol. The van der Waals surface area contributed by atoms with Crippen LogP contribution in [0.1, 0.15) is 25.7 Å². The van der Waals surface area contributed by atoms with Gasteiger partial charge in [0.2, 0.25) is 5.91 Å². The van der Waals surface area contributed by atoms with Gasteiger partial charge < -0.3 is 15.5 Å². The molecule has 17 heavy (non-hydrogen) atoms. The zero-order valence-corrected chi connectivity index (χ0v) is 12.2. The zero-order chi connectivity index (χ0) is 10.9. The number of carbonyl (C=O) groups excluding carboxylic acids is 1. The highest BCUT2D eigenvalue weighted by Gasteiger charge is 2.09. The van der Waals surface area contributed by atoms with Crippen molar-refractivity contribution in [3.05, 3.63) is 0 Å². The second kappa shape index (κ2) is 12.4. The summed E-state index contributed by atoms with van der Waals surface area (Å²) >= 11 is 0. The molecule has 1 heterocycles. The van der Waals surface area contributed by atoms with Gasteiger partial charge in [-0.2, -0.15) is 0 Å². The lowest BCUT2D eigenvalue weighted by molar-refractivity contribution is -0.121. The number of nitrogens with one attached hydrogen (secondary N) is 2. The SMILES string of the molecule is CNCCC(=O)NCCN1CCCCC1.Cl.Cl. The van der Waals surface area contributed by atoms with Crippen molar-refractivity contribution in [2.24, 2.45) is 0 Å². The topological polar surface area (TPSA) is 44.4 Å². The van der Waals surface area contributed by atoms with Crippen LogP contribution in [0, 0.1) is 0 Å². The van der Waals surface area contributed by atoms with Gasteiger partial charge in [-0.25, -0.2) is 0 Å². The van der Waals surface area contributed by atoms with Crippen molar-refractivity contribution in [3.8, 4) is 0 Å². The minimum Gasteiger partial charge on any atom is -0.355 e. The predicted octanol–water partition coefficient (Wildman–Crippen LogP) is 1.04. The average Bonchev–Trinajstić information content (AvgIpc) is 2.28. The maximum Gasteiger partial charge on any atom is 0.221 e. The summed E-state index contributed by atoms with van der Waals surface area (Å²) in [5.74, 6) is 0.154. The van der Waals surface area contributed by atoms with E-state index in [-0.39, 0.29) is 30.7 Å². The summed E-state index contributed by atoms with van der Waals surface area (Å²) in [6.07, 6.45) is 4.57. The lowest BCUT2D eigenvalue weighted by Crippen LogP contribution is -2.38. The molecule has 6 heteroatoms. The second-order valence-electron chi connectivity index (χ2n) is 4.11. The molecule has 0 spiro atoms. The fraction of sp³-hybridized carbons (Fsp3) is 0.909. The molecule has 2 N–H and O–H groups in total. The Labute approximate surface area is 117 Å². The first-order valence-corrected chi connectivity index (χ1v) is 5.96. The Morgan fingerprint density at radius 1 is 1.12 bits per heavy atom. The van der Waals surface area contributed by atoms with Gasteiger partial charge in [-0.05, 0) is 33.0 Å². The number of likely N-dealkylation sites (tertiary alicyclic amines) is 1. The highest BCUT2D eigenvalue weighted by molar-refractivity contribution is 5.85. The monoisotopic (exact) mass is 285 g/mol. The van der Waals surface area contributed by atoms with E-state index in [0.29, 0.717) is 6.42 Å². The van der Waals surface area contributed by atoms with E-state index >= 15 is 0 Å². The molecule has 104 valence electrons. The molecular formula is C11H25Cl2N3O. The molecule has 4 nitrogen and oxygen atoms in total. The van der Waals surface area contributed by atoms with E-state index in [1.165, 1.54) is 32.4 Å². The van der Waals surface area contributed by atoms with Crippen LogP contribution < -0.4 is 10.6 Å². The van der Waals surface area contributed by atoms with E-state index in [1.807, 2.05) is 7.05 Å². The van der Waals surface area contributed by atoms with Gasteiger partial charge >= 0.3 is 0 Å². The zero-order valence-electron chi connectivity index (χ0n) is 10.5. The lowest BCUT2D eigenvalue weighted by atomic mass is 10.1. The Hall–Kier alpha value is -0.0300. The van der Waals surface area contributed by atoms with Crippen LogP contribution in [0.2, 0.25) is 0 Å². The van der Waals surface area contributed by atoms with E-state index < -0.39 is 0 Å². The third-order valence-corrected chi connectivity index (χ3v) is 2.80. The van der Waals surface area contributed by atoms with Gasteiger partial charge in [-0.15, -0.1) is 24.8 Å². The minimum atomic E-state index is 0. The van der Waals surface area contributed by atoms with Crippen molar-refractivity contribution >= 4 is 30.7 Å². The lowest BCUT2D eigenvalue weighted by Gasteiger charge is -2.26. The first-order chi connectivity index (χ1) is 7.33. The molecule has 1 amide bonds. The number of piperidine rings is 1. The van der Waals surface area contributed by atoms with E-state index in [9.17, 15) is 4.79 Å². The van der Waals surface area contributed by atoms with Gasteiger partial charge in [0.1, 0.15) is 0 Å². The summed E-state index contributed by atoms with van der Waals surface area (Å²) in [7, 11) is 1.86. The molecule has 0 bridgehead atoms. The van der Waals surface area contributed by atoms with Crippen LogP contribution in [-0.2, 0) is 4.79 Å². The Morgan fingerprint density at radius 2 is 1.76 bits per heavy atom. The van der Waals surface area contributed by atoms with Crippen molar-refractivity contribution in [2.75, 3.05) is 39.8 Å². The molecule has 0 aromatic carbocycles. The van der Waals surface area contributed by atoms with Gasteiger partial charge in [0.25, 0.3) is 0 Å². The Bertz CT molecular complexity index is 188. The van der Waals surface area contributed by atoms with Crippen LogP contribution in [-0.4, -0.2) is 50.6 Å². The number of halogens is 2. The Balaban J connectivity index is 0. The average molecular weight is 286 g/mol. The number of rotatable bonds is 6. The third-order valence-electron chi connectivity index (χ3n) is 2.80. The molecule has 0 saturated carbocycles. The van der Waals surface area contributed by atoms with Crippen LogP contribution in [0.4, 0.5) is 0 Å². The standard InChI is InChI=1S/C11H23N3O.2ClH/c1-12-6-5-11(15)13-7-10-14-8-3-2-4-9-14;;/h12H,2-10H2,1H3,(H,13,15);2*1H. The van der Waals surface area contributed by atoms with Crippen LogP contribution in [0.5, 0.6) is 0 Å². The predicted molar refractivity (Wildman–Crippen MR) is 76.3 cm³/mol. The van der Waals surface area contributed by atoms with E-state index in [0.717, 1.165) is 19.6 Å². The smallest absolute Gasteiger partial charge is 0.221 e. The first kappa shape index (κ1) is 19.3. The summed E-state index contributed by atoms with van der Waals surface area (Å²) in [4.78, 5) is 13.7. The number of hydrogen-bond acceptors (Lipinski definition) is 3. The van der Waals surface area contributed by atoms with Crippen LogP contribution in [0.3, 0.4) is 0 Å². The number of hydrogen-bond donors (Lipinski definition) is 2. The quantitative estimate of drug-likeness (QED) is 0.767. The maximum atomic E-state index is 11.3. The number of amides is 1. The molecule has 1 saturated heterocycles. The molecule has 0 unspecified atom stereocenters. The van der Waals surface area contributed by atoms with Crippen molar-refractivity contribution in [1.82, 2.24) is 15.5 Å². The normalized spacial score (nSPS) is 15.6. The molecule has 0 atom stereocenters. The van der Waals surface area contributed by atoms with E-state index in [4.69, 9.17) is 0 Å². The van der Waals surface area contributed by atoms with Crippen molar-refractivity contribution in [3.63, 3.8) is 0 Å². The number of carbonyl (C=O) groups is 1. The first-order valence-electron chi connectivity index (χ1n) is 5.96. The molecule has 0 aromatic heterocycles. The van der Waals surface area contributed by atoms with Gasteiger partial charge in [0.05, 0.1) is 0 Å². The van der Waals surface area contributed by atoms with Crippen molar-refractivity contribution in [2.45, 2.75) is 25.7 Å². The number of nitrogens with zero attached hydrogens (tertiary/aromatic N) is 1. The maximum absolute atomic E-state index is 11.3. The van der Waals surface area contributed by atoms with Crippen LogP contribution in [0.15, 0.2) is 0 Å². The Morgan fingerprint density at radius 3 is 2.35 bits per heavy atom. The largest absolute Gasteiger partial charge is 0.355 e. The van der Waals surface area contributed by atoms with E-state index in [1.54, 1.807) is 0 Å². The summed E-state index contributed by atoms with van der Waals surface area (Å²) in [6.45, 7) is 4.96. The van der Waals surface area contributed by atoms with Gasteiger partial charge in [-0.3, -0.25) is 4.79 Å². The molecule has 0 radical (unpaired) electrons. The van der Waals surface area contributed by atoms with Gasteiger partial charge in [-0.1, -0.05) is 6.42 Å². The molecule has 1 aliphatic rings. The van der Waals surface area contributed by atoms with Crippen LogP contribution >= 0.6 is 24.8 Å². The van der Waals surface area contributed by atoms with Gasteiger partial charge in [0.15, 0.2) is 0 Å². The highest BCUT2D eigenvalue weighted by Crippen LogP contribution is 2.07. The summed E-state index contributed by atoms with van der Waals surface area (Å²) < 4.78 is 0. The molecule has 0 aliphatic carbocycles. The van der Waals surface area contributed by atoms with Crippen molar-refractivity contribution in [1.29, 1.82) is 0 Å². The Kier molecular flexibility index (Phi) is 14.1. The fourth-order valence-corrected chi connectivity index (χ4v) is 1.86. The van der Waals surface area contributed by atoms with E-state index in [2.05, 4.69) is 15.5 Å². The molecule has 0 aromatic rings. The molecule has 1 rings (SSSR count). The van der Waals surface area contributed by atoms with Gasteiger partial charge in [0, 0.05) is 26.1 Å².